The molecule has 0 aromatic heterocycles. The van der Waals surface area contributed by atoms with Gasteiger partial charge in [-0.3, -0.25) is 14.4 Å². The molecule has 0 unspecified atom stereocenters. The number of allylic oxidation sites excluding steroid dienone is 1. The normalized spacial score (nSPS) is 12.5. The van der Waals surface area contributed by atoms with E-state index < -0.39 is 0 Å². The number of aryl methyl sites for hydroxylation is 1. The molecule has 1 aliphatic carbocycles. The molecule has 0 fully saturated rings. The second kappa shape index (κ2) is 8.40. The van der Waals surface area contributed by atoms with Crippen molar-refractivity contribution in [2.45, 2.75) is 13.8 Å². The van der Waals surface area contributed by atoms with E-state index in [1.165, 1.54) is 0 Å². The number of anilines is 1. The molecule has 4 rings (SSSR count). The Morgan fingerprint density at radius 1 is 0.903 bits per heavy atom. The third-order valence-corrected chi connectivity index (χ3v) is 5.32. The highest BCUT2D eigenvalue weighted by Crippen LogP contribution is 2.28. The number of ketones is 2. The minimum Gasteiger partial charge on any atom is -0.484 e. The summed E-state index contributed by atoms with van der Waals surface area (Å²) in [6.45, 7) is 3.78. The first-order valence-electron chi connectivity index (χ1n) is 9.93. The summed E-state index contributed by atoms with van der Waals surface area (Å²) in [5.74, 6) is -0.352. The molecule has 0 saturated carbocycles. The second-order valence-electron chi connectivity index (χ2n) is 7.42. The predicted octanol–water partition coefficient (Wildman–Crippen LogP) is 4.78. The van der Waals surface area contributed by atoms with Crippen LogP contribution in [0.2, 0.25) is 0 Å². The highest BCUT2D eigenvalue weighted by atomic mass is 16.5. The third-order valence-electron chi connectivity index (χ3n) is 5.32. The number of rotatable bonds is 5. The van der Waals surface area contributed by atoms with Crippen LogP contribution in [0.3, 0.4) is 0 Å². The van der Waals surface area contributed by atoms with Gasteiger partial charge in [-0.05, 0) is 54.8 Å². The van der Waals surface area contributed by atoms with Gasteiger partial charge in [0.25, 0.3) is 5.91 Å². The molecule has 0 aliphatic heterocycles. The van der Waals surface area contributed by atoms with Crippen molar-refractivity contribution < 1.29 is 19.1 Å². The smallest absolute Gasteiger partial charge is 0.262 e. The lowest BCUT2D eigenvalue weighted by Crippen LogP contribution is -2.20. The lowest BCUT2D eigenvalue weighted by Gasteiger charge is -2.11. The first-order chi connectivity index (χ1) is 14.9. The largest absolute Gasteiger partial charge is 0.484 e. The fourth-order valence-corrected chi connectivity index (χ4v) is 3.49. The Morgan fingerprint density at radius 2 is 1.58 bits per heavy atom. The Hall–Kier alpha value is -3.99. The summed E-state index contributed by atoms with van der Waals surface area (Å²) in [5, 5.41) is 2.85. The summed E-state index contributed by atoms with van der Waals surface area (Å²) < 4.78 is 5.62. The standard InChI is InChI=1S/C26H21NO4/c1-16-7-5-12-23(17(16)2)27-24(28)15-31-19-9-6-8-18(13-19)14-22-25(29)20-10-3-4-11-21(20)26(22)30/h3-14H,15H2,1-2H3,(H,27,28). The summed E-state index contributed by atoms with van der Waals surface area (Å²) in [4.78, 5) is 37.4. The number of amides is 1. The Labute approximate surface area is 180 Å². The molecule has 3 aromatic carbocycles. The van der Waals surface area contributed by atoms with E-state index in [9.17, 15) is 14.4 Å². The van der Waals surface area contributed by atoms with Gasteiger partial charge in [0.1, 0.15) is 5.75 Å². The molecular weight excluding hydrogens is 390 g/mol. The summed E-state index contributed by atoms with van der Waals surface area (Å²) >= 11 is 0. The van der Waals surface area contributed by atoms with Crippen molar-refractivity contribution in [3.05, 3.63) is 100 Å². The summed E-state index contributed by atoms with van der Waals surface area (Å²) in [5.41, 5.74) is 4.49. The van der Waals surface area contributed by atoms with Gasteiger partial charge in [0.2, 0.25) is 0 Å². The van der Waals surface area contributed by atoms with Gasteiger partial charge in [-0.2, -0.15) is 0 Å². The highest BCUT2D eigenvalue weighted by molar-refractivity contribution is 6.41. The minimum atomic E-state index is -0.278. The average Bonchev–Trinajstić information content (AvgIpc) is 3.01. The van der Waals surface area contributed by atoms with Crippen molar-refractivity contribution in [3.8, 4) is 5.75 Å². The van der Waals surface area contributed by atoms with Crippen LogP contribution >= 0.6 is 0 Å². The van der Waals surface area contributed by atoms with Crippen LogP contribution in [0.4, 0.5) is 5.69 Å². The van der Waals surface area contributed by atoms with Crippen molar-refractivity contribution in [2.75, 3.05) is 11.9 Å². The van der Waals surface area contributed by atoms with Crippen LogP contribution in [-0.2, 0) is 4.79 Å². The van der Waals surface area contributed by atoms with E-state index in [4.69, 9.17) is 4.74 Å². The van der Waals surface area contributed by atoms with Gasteiger partial charge in [0, 0.05) is 16.8 Å². The van der Waals surface area contributed by atoms with E-state index in [0.29, 0.717) is 22.4 Å². The van der Waals surface area contributed by atoms with Crippen LogP contribution in [0.1, 0.15) is 37.4 Å². The van der Waals surface area contributed by atoms with Gasteiger partial charge in [-0.1, -0.05) is 48.5 Å². The number of carbonyl (C=O) groups is 3. The van der Waals surface area contributed by atoms with Crippen molar-refractivity contribution in [2.24, 2.45) is 0 Å². The molecule has 1 amide bonds. The Kier molecular flexibility index (Phi) is 5.50. The van der Waals surface area contributed by atoms with Gasteiger partial charge in [0.15, 0.2) is 18.2 Å². The maximum atomic E-state index is 12.6. The van der Waals surface area contributed by atoms with Gasteiger partial charge in [-0.25, -0.2) is 0 Å². The quantitative estimate of drug-likeness (QED) is 0.484. The van der Waals surface area contributed by atoms with Crippen molar-refractivity contribution in [1.29, 1.82) is 0 Å². The number of nitrogens with one attached hydrogen (secondary N) is 1. The molecule has 0 bridgehead atoms. The zero-order chi connectivity index (χ0) is 22.0. The van der Waals surface area contributed by atoms with E-state index in [1.807, 2.05) is 32.0 Å². The second-order valence-corrected chi connectivity index (χ2v) is 7.42. The minimum absolute atomic E-state index is 0.131. The fraction of sp³-hybridized carbons (Fsp3) is 0.115. The summed E-state index contributed by atoms with van der Waals surface area (Å²) in [6.07, 6.45) is 1.56. The summed E-state index contributed by atoms with van der Waals surface area (Å²) in [6, 6.07) is 19.5. The number of benzene rings is 3. The van der Waals surface area contributed by atoms with Crippen LogP contribution < -0.4 is 10.1 Å². The fourth-order valence-electron chi connectivity index (χ4n) is 3.49. The SMILES string of the molecule is Cc1cccc(NC(=O)COc2cccc(C=C3C(=O)c4ccccc4C3=O)c2)c1C. The van der Waals surface area contributed by atoms with E-state index >= 15 is 0 Å². The molecule has 154 valence electrons. The van der Waals surface area contributed by atoms with E-state index in [0.717, 1.165) is 16.8 Å². The van der Waals surface area contributed by atoms with Gasteiger partial charge >= 0.3 is 0 Å². The van der Waals surface area contributed by atoms with E-state index in [1.54, 1.807) is 54.6 Å². The Balaban J connectivity index is 1.45. The molecule has 1 N–H and O–H groups in total. The zero-order valence-electron chi connectivity index (χ0n) is 17.3. The molecule has 0 atom stereocenters. The Morgan fingerprint density at radius 3 is 2.29 bits per heavy atom. The molecule has 1 aliphatic rings. The molecule has 0 saturated heterocycles. The van der Waals surface area contributed by atoms with Crippen LogP contribution in [0.15, 0.2) is 72.3 Å². The maximum Gasteiger partial charge on any atom is 0.262 e. The molecule has 0 spiro atoms. The molecule has 5 nitrogen and oxygen atoms in total. The lowest BCUT2D eigenvalue weighted by molar-refractivity contribution is -0.118. The van der Waals surface area contributed by atoms with Crippen molar-refractivity contribution in [3.63, 3.8) is 0 Å². The third kappa shape index (κ3) is 4.16. The van der Waals surface area contributed by atoms with Gasteiger partial charge < -0.3 is 10.1 Å². The predicted molar refractivity (Wildman–Crippen MR) is 120 cm³/mol. The maximum absolute atomic E-state index is 12.6. The van der Waals surface area contributed by atoms with Gasteiger partial charge in [-0.15, -0.1) is 0 Å². The first-order valence-corrected chi connectivity index (χ1v) is 9.93. The average molecular weight is 411 g/mol. The van der Waals surface area contributed by atoms with Crippen LogP contribution in [0.5, 0.6) is 5.75 Å². The van der Waals surface area contributed by atoms with Crippen molar-refractivity contribution in [1.82, 2.24) is 0 Å². The topological polar surface area (TPSA) is 72.5 Å². The monoisotopic (exact) mass is 411 g/mol. The number of hydrogen-bond donors (Lipinski definition) is 1. The molecule has 3 aromatic rings. The zero-order valence-corrected chi connectivity index (χ0v) is 17.3. The van der Waals surface area contributed by atoms with Crippen LogP contribution in [0, 0.1) is 13.8 Å². The van der Waals surface area contributed by atoms with E-state index in [2.05, 4.69) is 5.32 Å². The van der Waals surface area contributed by atoms with Crippen LogP contribution in [0.25, 0.3) is 6.08 Å². The number of ether oxygens (including phenoxy) is 1. The first kappa shape index (κ1) is 20.3. The molecular formula is C26H21NO4. The lowest BCUT2D eigenvalue weighted by atomic mass is 10.1. The number of Topliss-reactive ketones (excluding diaryl/α,β-unsaturated/α-hetero) is 2. The molecule has 0 radical (unpaired) electrons. The molecule has 31 heavy (non-hydrogen) atoms. The van der Waals surface area contributed by atoms with E-state index in [-0.39, 0.29) is 29.7 Å². The number of hydrogen-bond acceptors (Lipinski definition) is 4. The molecule has 0 heterocycles. The molecule has 5 heteroatoms. The number of carbonyl (C=O) groups excluding carboxylic acids is 3. The Bertz CT molecular complexity index is 1200. The highest BCUT2D eigenvalue weighted by Gasteiger charge is 2.32. The number of fused-ring (bicyclic) bond motifs is 1. The summed E-state index contributed by atoms with van der Waals surface area (Å²) in [7, 11) is 0. The van der Waals surface area contributed by atoms with Crippen LogP contribution in [-0.4, -0.2) is 24.1 Å². The van der Waals surface area contributed by atoms with Gasteiger partial charge in [0.05, 0.1) is 5.57 Å². The van der Waals surface area contributed by atoms with Crippen molar-refractivity contribution >= 4 is 29.2 Å².